The zero-order valence-corrected chi connectivity index (χ0v) is 14.4. The summed E-state index contributed by atoms with van der Waals surface area (Å²) in [7, 11) is 3.93. The third kappa shape index (κ3) is 3.20. The lowest BCUT2D eigenvalue weighted by Crippen LogP contribution is -2.19. The molecule has 2 heterocycles. The first-order chi connectivity index (χ1) is 12.4. The van der Waals surface area contributed by atoms with E-state index >= 15 is 0 Å². The summed E-state index contributed by atoms with van der Waals surface area (Å²) in [6, 6.07) is 6.61. The second-order valence-corrected chi connectivity index (χ2v) is 6.16. The van der Waals surface area contributed by atoms with Crippen molar-refractivity contribution in [2.45, 2.75) is 6.54 Å². The number of fused-ring (bicyclic) bond motifs is 1. The van der Waals surface area contributed by atoms with Crippen molar-refractivity contribution in [3.63, 3.8) is 0 Å². The van der Waals surface area contributed by atoms with Crippen molar-refractivity contribution >= 4 is 16.9 Å². The van der Waals surface area contributed by atoms with Crippen LogP contribution in [0, 0.1) is 11.3 Å². The number of aromatic carboxylic acids is 1. The molecule has 2 aromatic heterocycles. The molecule has 0 saturated heterocycles. The van der Waals surface area contributed by atoms with E-state index in [1.165, 1.54) is 12.3 Å². The van der Waals surface area contributed by atoms with Crippen molar-refractivity contribution in [1.29, 1.82) is 5.26 Å². The minimum absolute atomic E-state index is 0.185. The van der Waals surface area contributed by atoms with E-state index in [1.807, 2.05) is 25.1 Å². The standard InChI is InChI=1S/C18H17N5O3/c1-21(2)5-6-22-10-13(9-20-22)23-11-15(18(25)26)17(24)14-7-12(8-19)3-4-16(14)23/h3-4,7,9-11H,5-6H2,1-2H3,(H,25,26). The van der Waals surface area contributed by atoms with Gasteiger partial charge in [-0.3, -0.25) is 9.48 Å². The van der Waals surface area contributed by atoms with Gasteiger partial charge < -0.3 is 14.6 Å². The first kappa shape index (κ1) is 17.4. The first-order valence-corrected chi connectivity index (χ1v) is 7.91. The molecule has 132 valence electrons. The van der Waals surface area contributed by atoms with Gasteiger partial charge in [-0.05, 0) is 32.3 Å². The van der Waals surface area contributed by atoms with E-state index in [0.29, 0.717) is 23.3 Å². The Bertz CT molecular complexity index is 1090. The number of nitrogens with zero attached hydrogens (tertiary/aromatic N) is 5. The Morgan fingerprint density at radius 3 is 2.77 bits per heavy atom. The fraction of sp³-hybridized carbons (Fsp3) is 0.222. The number of carboxylic acid groups (broad SMARTS) is 1. The summed E-state index contributed by atoms with van der Waals surface area (Å²) in [6.45, 7) is 1.48. The molecule has 0 saturated carbocycles. The molecule has 8 nitrogen and oxygen atoms in total. The lowest BCUT2D eigenvalue weighted by atomic mass is 10.1. The minimum atomic E-state index is -1.31. The van der Waals surface area contributed by atoms with Crippen LogP contribution in [-0.4, -0.2) is 51.0 Å². The normalized spacial score (nSPS) is 11.0. The molecule has 0 radical (unpaired) electrons. The Labute approximate surface area is 149 Å². The summed E-state index contributed by atoms with van der Waals surface area (Å²) in [6.07, 6.45) is 4.70. The van der Waals surface area contributed by atoms with Crippen LogP contribution in [-0.2, 0) is 6.54 Å². The Kier molecular flexibility index (Phi) is 4.56. The quantitative estimate of drug-likeness (QED) is 0.743. The van der Waals surface area contributed by atoms with E-state index in [2.05, 4.69) is 5.10 Å². The second-order valence-electron chi connectivity index (χ2n) is 6.16. The molecule has 0 aliphatic heterocycles. The number of hydrogen-bond acceptors (Lipinski definition) is 5. The van der Waals surface area contributed by atoms with Crippen LogP contribution in [0.3, 0.4) is 0 Å². The predicted octanol–water partition coefficient (Wildman–Crippen LogP) is 1.32. The zero-order valence-electron chi connectivity index (χ0n) is 14.4. The van der Waals surface area contributed by atoms with Crippen molar-refractivity contribution in [1.82, 2.24) is 19.2 Å². The summed E-state index contributed by atoms with van der Waals surface area (Å²) in [4.78, 5) is 26.0. The van der Waals surface area contributed by atoms with Crippen LogP contribution in [0.15, 0.2) is 41.6 Å². The molecule has 1 N–H and O–H groups in total. The monoisotopic (exact) mass is 351 g/mol. The smallest absolute Gasteiger partial charge is 0.341 e. The van der Waals surface area contributed by atoms with Gasteiger partial charge in [0.05, 0.1) is 35.6 Å². The molecule has 8 heteroatoms. The van der Waals surface area contributed by atoms with Gasteiger partial charge in [0.25, 0.3) is 0 Å². The summed E-state index contributed by atoms with van der Waals surface area (Å²) in [5, 5.41) is 22.9. The molecule has 0 bridgehead atoms. The Balaban J connectivity index is 2.19. The maximum atomic E-state index is 12.5. The lowest BCUT2D eigenvalue weighted by Gasteiger charge is -2.11. The number of carboxylic acids is 1. The SMILES string of the molecule is CN(C)CCn1cc(-n2cc(C(=O)O)c(=O)c3cc(C#N)ccc32)cn1. The highest BCUT2D eigenvalue weighted by molar-refractivity contribution is 5.93. The number of carbonyl (C=O) groups is 1. The van der Waals surface area contributed by atoms with Gasteiger partial charge in [-0.2, -0.15) is 10.4 Å². The maximum absolute atomic E-state index is 12.5. The second kappa shape index (κ2) is 6.82. The zero-order chi connectivity index (χ0) is 18.8. The van der Waals surface area contributed by atoms with Gasteiger partial charge in [-0.1, -0.05) is 0 Å². The largest absolute Gasteiger partial charge is 0.477 e. The van der Waals surface area contributed by atoms with E-state index in [9.17, 15) is 14.7 Å². The molecule has 1 aromatic carbocycles. The molecule has 3 aromatic rings. The number of hydrogen-bond donors (Lipinski definition) is 1. The Morgan fingerprint density at radius 2 is 2.12 bits per heavy atom. The highest BCUT2D eigenvalue weighted by Gasteiger charge is 2.16. The van der Waals surface area contributed by atoms with Crippen LogP contribution in [0.5, 0.6) is 0 Å². The molecule has 0 aliphatic carbocycles. The molecule has 26 heavy (non-hydrogen) atoms. The number of likely N-dealkylation sites (N-methyl/N-ethyl adjacent to an activating group) is 1. The van der Waals surface area contributed by atoms with Gasteiger partial charge in [0.15, 0.2) is 0 Å². The van der Waals surface area contributed by atoms with Gasteiger partial charge in [-0.25, -0.2) is 4.79 Å². The topological polar surface area (TPSA) is 104 Å². The minimum Gasteiger partial charge on any atom is -0.477 e. The van der Waals surface area contributed by atoms with Crippen molar-refractivity contribution in [3.05, 3.63) is 58.1 Å². The van der Waals surface area contributed by atoms with Gasteiger partial charge in [0, 0.05) is 24.3 Å². The molecular formula is C18H17N5O3. The number of nitriles is 1. The summed E-state index contributed by atoms with van der Waals surface area (Å²) < 4.78 is 3.36. The number of rotatable bonds is 5. The van der Waals surface area contributed by atoms with Crippen LogP contribution in [0.25, 0.3) is 16.6 Å². The van der Waals surface area contributed by atoms with Crippen molar-refractivity contribution < 1.29 is 9.90 Å². The summed E-state index contributed by atoms with van der Waals surface area (Å²) in [5.41, 5.74) is 0.493. The third-order valence-electron chi connectivity index (χ3n) is 4.04. The van der Waals surface area contributed by atoms with Gasteiger partial charge in [0.1, 0.15) is 5.56 Å². The molecule has 0 fully saturated rings. The average molecular weight is 351 g/mol. The lowest BCUT2D eigenvalue weighted by molar-refractivity contribution is 0.0695. The number of pyridine rings is 1. The van der Waals surface area contributed by atoms with Crippen molar-refractivity contribution in [3.8, 4) is 11.8 Å². The average Bonchev–Trinajstić information content (AvgIpc) is 3.08. The Hall–Kier alpha value is -3.44. The molecule has 0 atom stereocenters. The maximum Gasteiger partial charge on any atom is 0.341 e. The van der Waals surface area contributed by atoms with Crippen LogP contribution < -0.4 is 5.43 Å². The van der Waals surface area contributed by atoms with E-state index in [-0.39, 0.29) is 10.9 Å². The van der Waals surface area contributed by atoms with Crippen LogP contribution >= 0.6 is 0 Å². The Morgan fingerprint density at radius 1 is 1.35 bits per heavy atom. The highest BCUT2D eigenvalue weighted by atomic mass is 16.4. The van der Waals surface area contributed by atoms with E-state index < -0.39 is 11.4 Å². The summed E-state index contributed by atoms with van der Waals surface area (Å²) in [5.74, 6) is -1.31. The molecule has 0 unspecified atom stereocenters. The van der Waals surface area contributed by atoms with Gasteiger partial charge in [-0.15, -0.1) is 0 Å². The molecule has 0 aliphatic rings. The highest BCUT2D eigenvalue weighted by Crippen LogP contribution is 2.19. The first-order valence-electron chi connectivity index (χ1n) is 7.91. The number of aromatic nitrogens is 3. The van der Waals surface area contributed by atoms with Crippen LogP contribution in [0.4, 0.5) is 0 Å². The van der Waals surface area contributed by atoms with Crippen molar-refractivity contribution in [2.24, 2.45) is 0 Å². The molecule has 0 amide bonds. The predicted molar refractivity (Wildman–Crippen MR) is 95.6 cm³/mol. The number of benzene rings is 1. The van der Waals surface area contributed by atoms with Gasteiger partial charge in [0.2, 0.25) is 5.43 Å². The van der Waals surface area contributed by atoms with E-state index in [1.54, 1.807) is 33.8 Å². The molecule has 0 spiro atoms. The van der Waals surface area contributed by atoms with Crippen LogP contribution in [0.1, 0.15) is 15.9 Å². The molecule has 3 rings (SSSR count). The summed E-state index contributed by atoms with van der Waals surface area (Å²) >= 11 is 0. The fourth-order valence-electron chi connectivity index (χ4n) is 2.67. The molecular weight excluding hydrogens is 334 g/mol. The van der Waals surface area contributed by atoms with E-state index in [0.717, 1.165) is 6.54 Å². The van der Waals surface area contributed by atoms with Crippen molar-refractivity contribution in [2.75, 3.05) is 20.6 Å². The van der Waals surface area contributed by atoms with Gasteiger partial charge >= 0.3 is 5.97 Å². The van der Waals surface area contributed by atoms with Crippen LogP contribution in [0.2, 0.25) is 0 Å². The third-order valence-corrected chi connectivity index (χ3v) is 4.04. The fourth-order valence-corrected chi connectivity index (χ4v) is 2.67. The van der Waals surface area contributed by atoms with E-state index in [4.69, 9.17) is 5.26 Å².